The number of nitrogens with zero attached hydrogens (tertiary/aromatic N) is 1. The van der Waals surface area contributed by atoms with Gasteiger partial charge in [0.2, 0.25) is 0 Å². The summed E-state index contributed by atoms with van der Waals surface area (Å²) in [5.41, 5.74) is -0.457. The topological polar surface area (TPSA) is 34.0 Å². The first-order valence-electron chi connectivity index (χ1n) is 6.03. The maximum absolute atomic E-state index is 12.5. The zero-order chi connectivity index (χ0) is 14.6. The number of halogens is 3. The number of hydrogen-bond donors (Lipinski definition) is 1. The number of hydrogen-bond acceptors (Lipinski definition) is 2. The summed E-state index contributed by atoms with van der Waals surface area (Å²) in [6.07, 6.45) is -2.72. The minimum absolute atomic E-state index is 0.140. The summed E-state index contributed by atoms with van der Waals surface area (Å²) in [6, 6.07) is 9.78. The predicted octanol–water partition coefficient (Wildman–Crippen LogP) is 2.98. The van der Waals surface area contributed by atoms with E-state index in [1.807, 2.05) is 0 Å². The Morgan fingerprint density at radius 3 is 2.60 bits per heavy atom. The molecule has 0 fully saturated rings. The van der Waals surface area contributed by atoms with Gasteiger partial charge in [0, 0.05) is 31.0 Å². The molecule has 2 rings (SSSR count). The third kappa shape index (κ3) is 3.63. The number of rotatable bonds is 4. The van der Waals surface area contributed by atoms with Gasteiger partial charge in [0.15, 0.2) is 0 Å². The Bertz CT molecular complexity index is 635. The van der Waals surface area contributed by atoms with Gasteiger partial charge in [-0.2, -0.15) is 13.2 Å². The Labute approximate surface area is 113 Å². The van der Waals surface area contributed by atoms with Gasteiger partial charge < -0.3 is 9.88 Å². The second kappa shape index (κ2) is 5.81. The van der Waals surface area contributed by atoms with Crippen molar-refractivity contribution in [3.05, 3.63) is 64.6 Å². The molecule has 0 aliphatic rings. The molecule has 0 bridgehead atoms. The van der Waals surface area contributed by atoms with Crippen LogP contribution in [0.4, 0.5) is 18.9 Å². The summed E-state index contributed by atoms with van der Waals surface area (Å²) in [6.45, 7) is 0.751. The third-order valence-corrected chi connectivity index (χ3v) is 2.77. The van der Waals surface area contributed by atoms with Crippen molar-refractivity contribution in [2.75, 3.05) is 11.9 Å². The summed E-state index contributed by atoms with van der Waals surface area (Å²) in [4.78, 5) is 11.4. The van der Waals surface area contributed by atoms with Crippen molar-refractivity contribution < 1.29 is 13.2 Å². The molecular formula is C14H13F3N2O. The molecule has 1 aromatic carbocycles. The molecule has 3 nitrogen and oxygen atoms in total. The van der Waals surface area contributed by atoms with Gasteiger partial charge in [0.1, 0.15) is 0 Å². The van der Waals surface area contributed by atoms with Gasteiger partial charge >= 0.3 is 6.18 Å². The lowest BCUT2D eigenvalue weighted by molar-refractivity contribution is -0.137. The van der Waals surface area contributed by atoms with Crippen molar-refractivity contribution in [3.63, 3.8) is 0 Å². The number of benzene rings is 1. The fourth-order valence-corrected chi connectivity index (χ4v) is 1.77. The highest BCUT2D eigenvalue weighted by atomic mass is 19.4. The summed E-state index contributed by atoms with van der Waals surface area (Å²) in [5, 5.41) is 2.87. The van der Waals surface area contributed by atoms with Gasteiger partial charge in [-0.3, -0.25) is 4.79 Å². The van der Waals surface area contributed by atoms with Gasteiger partial charge in [0.05, 0.1) is 5.56 Å². The number of aromatic nitrogens is 1. The van der Waals surface area contributed by atoms with Gasteiger partial charge in [-0.1, -0.05) is 12.1 Å². The molecule has 0 saturated heterocycles. The molecule has 0 aliphatic carbocycles. The molecule has 1 N–H and O–H groups in total. The van der Waals surface area contributed by atoms with Crippen LogP contribution in [0.15, 0.2) is 53.5 Å². The second-order valence-electron chi connectivity index (χ2n) is 4.24. The van der Waals surface area contributed by atoms with E-state index in [-0.39, 0.29) is 5.56 Å². The van der Waals surface area contributed by atoms with Crippen LogP contribution in [0.5, 0.6) is 0 Å². The number of anilines is 1. The van der Waals surface area contributed by atoms with E-state index in [0.717, 1.165) is 12.1 Å². The van der Waals surface area contributed by atoms with Crippen LogP contribution in [-0.4, -0.2) is 11.1 Å². The smallest absolute Gasteiger partial charge is 0.383 e. The Morgan fingerprint density at radius 1 is 1.10 bits per heavy atom. The van der Waals surface area contributed by atoms with Crippen LogP contribution in [0, 0.1) is 0 Å². The highest BCUT2D eigenvalue weighted by molar-refractivity contribution is 5.46. The van der Waals surface area contributed by atoms with Gasteiger partial charge in [-0.05, 0) is 24.3 Å². The van der Waals surface area contributed by atoms with Crippen LogP contribution in [0.25, 0.3) is 0 Å². The van der Waals surface area contributed by atoms with Gasteiger partial charge in [0.25, 0.3) is 5.56 Å². The average Bonchev–Trinajstić information content (AvgIpc) is 2.40. The highest BCUT2D eigenvalue weighted by Gasteiger charge is 2.30. The summed E-state index contributed by atoms with van der Waals surface area (Å²) >= 11 is 0. The van der Waals surface area contributed by atoms with E-state index >= 15 is 0 Å². The normalized spacial score (nSPS) is 11.3. The third-order valence-electron chi connectivity index (χ3n) is 2.77. The van der Waals surface area contributed by atoms with Crippen molar-refractivity contribution in [1.82, 2.24) is 4.57 Å². The molecule has 0 aliphatic heterocycles. The molecule has 0 atom stereocenters. The van der Waals surface area contributed by atoms with Crippen LogP contribution < -0.4 is 10.9 Å². The van der Waals surface area contributed by atoms with Crippen LogP contribution in [-0.2, 0) is 12.7 Å². The molecule has 6 heteroatoms. The van der Waals surface area contributed by atoms with Crippen LogP contribution in [0.2, 0.25) is 0 Å². The minimum Gasteiger partial charge on any atom is -0.383 e. The van der Waals surface area contributed by atoms with E-state index in [2.05, 4.69) is 5.32 Å². The average molecular weight is 282 g/mol. The number of nitrogens with one attached hydrogen (secondary N) is 1. The quantitative estimate of drug-likeness (QED) is 0.935. The van der Waals surface area contributed by atoms with E-state index in [9.17, 15) is 18.0 Å². The van der Waals surface area contributed by atoms with Gasteiger partial charge in [-0.25, -0.2) is 0 Å². The molecule has 106 valence electrons. The Morgan fingerprint density at radius 2 is 1.90 bits per heavy atom. The fraction of sp³-hybridized carbons (Fsp3) is 0.214. The molecule has 0 amide bonds. The lowest BCUT2D eigenvalue weighted by atomic mass is 10.2. The van der Waals surface area contributed by atoms with Gasteiger partial charge in [-0.15, -0.1) is 0 Å². The summed E-state index contributed by atoms with van der Waals surface area (Å²) in [7, 11) is 0. The monoisotopic (exact) mass is 282 g/mol. The second-order valence-corrected chi connectivity index (χ2v) is 4.24. The largest absolute Gasteiger partial charge is 0.416 e. The molecule has 20 heavy (non-hydrogen) atoms. The lowest BCUT2D eigenvalue weighted by Crippen LogP contribution is -2.22. The first-order valence-corrected chi connectivity index (χ1v) is 6.03. The standard InChI is InChI=1S/C14H13F3N2O/c15-14(16,17)11-4-3-5-12(10-11)18-7-9-19-8-2-1-6-13(19)20/h1-6,8,10,18H,7,9H2. The molecule has 2 aromatic rings. The fourth-order valence-electron chi connectivity index (χ4n) is 1.77. The van der Waals surface area contributed by atoms with Crippen molar-refractivity contribution in [2.45, 2.75) is 12.7 Å². The zero-order valence-corrected chi connectivity index (χ0v) is 10.5. The molecule has 0 spiro atoms. The summed E-state index contributed by atoms with van der Waals surface area (Å²) in [5.74, 6) is 0. The Kier molecular flexibility index (Phi) is 4.12. The zero-order valence-electron chi connectivity index (χ0n) is 10.5. The lowest BCUT2D eigenvalue weighted by Gasteiger charge is -2.11. The first kappa shape index (κ1) is 14.2. The molecule has 0 radical (unpaired) electrons. The van der Waals surface area contributed by atoms with E-state index in [0.29, 0.717) is 18.8 Å². The van der Waals surface area contributed by atoms with Crippen LogP contribution >= 0.6 is 0 Å². The van der Waals surface area contributed by atoms with Crippen molar-refractivity contribution in [3.8, 4) is 0 Å². The summed E-state index contributed by atoms with van der Waals surface area (Å²) < 4.78 is 39.1. The van der Waals surface area contributed by atoms with Crippen LogP contribution in [0.3, 0.4) is 0 Å². The van der Waals surface area contributed by atoms with E-state index in [4.69, 9.17) is 0 Å². The maximum atomic E-state index is 12.5. The molecular weight excluding hydrogens is 269 g/mol. The SMILES string of the molecule is O=c1ccccn1CCNc1cccc(C(F)(F)F)c1. The number of alkyl halides is 3. The highest BCUT2D eigenvalue weighted by Crippen LogP contribution is 2.30. The molecule has 0 saturated carbocycles. The Hall–Kier alpha value is -2.24. The number of pyridine rings is 1. The van der Waals surface area contributed by atoms with Crippen molar-refractivity contribution in [1.29, 1.82) is 0 Å². The van der Waals surface area contributed by atoms with Crippen LogP contribution in [0.1, 0.15) is 5.56 Å². The van der Waals surface area contributed by atoms with E-state index in [1.54, 1.807) is 24.4 Å². The Balaban J connectivity index is 1.98. The van der Waals surface area contributed by atoms with E-state index < -0.39 is 11.7 Å². The molecule has 0 unspecified atom stereocenters. The van der Waals surface area contributed by atoms with Crippen molar-refractivity contribution in [2.24, 2.45) is 0 Å². The first-order chi connectivity index (χ1) is 9.47. The molecule has 1 aromatic heterocycles. The van der Waals surface area contributed by atoms with E-state index in [1.165, 1.54) is 16.7 Å². The van der Waals surface area contributed by atoms with Crippen molar-refractivity contribution >= 4 is 5.69 Å². The minimum atomic E-state index is -4.35. The maximum Gasteiger partial charge on any atom is 0.416 e. The predicted molar refractivity (Wildman–Crippen MR) is 70.6 cm³/mol. The molecule has 1 heterocycles.